The molecule has 1 saturated heterocycles. The average molecular weight is 279 g/mol. The summed E-state index contributed by atoms with van der Waals surface area (Å²) in [4.78, 5) is 2.62. The molecule has 0 amide bonds. The molecule has 0 radical (unpaired) electrons. The lowest BCUT2D eigenvalue weighted by Crippen LogP contribution is -2.45. The maximum atomic E-state index is 9.33. The van der Waals surface area contributed by atoms with Gasteiger partial charge in [-0.3, -0.25) is 5.32 Å². The van der Waals surface area contributed by atoms with Crippen LogP contribution in [0.2, 0.25) is 0 Å². The van der Waals surface area contributed by atoms with E-state index in [1.165, 1.54) is 58.2 Å². The molecule has 0 aromatic rings. The van der Waals surface area contributed by atoms with Gasteiger partial charge in [0, 0.05) is 6.04 Å². The maximum Gasteiger partial charge on any atom is 0.104 e. The van der Waals surface area contributed by atoms with Crippen molar-refractivity contribution in [2.45, 2.75) is 83.7 Å². The van der Waals surface area contributed by atoms with E-state index >= 15 is 0 Å². The highest BCUT2D eigenvalue weighted by molar-refractivity contribution is 5.04. The Bertz CT molecular complexity index is 287. The number of nitriles is 1. The molecule has 1 fully saturated rings. The molecule has 0 aromatic heterocycles. The van der Waals surface area contributed by atoms with Crippen LogP contribution in [0.1, 0.15) is 72.1 Å². The summed E-state index contributed by atoms with van der Waals surface area (Å²) >= 11 is 0. The molecule has 1 heterocycles. The van der Waals surface area contributed by atoms with Gasteiger partial charge in [-0.1, -0.05) is 19.3 Å². The number of hydrogen-bond donors (Lipinski definition) is 1. The Morgan fingerprint density at radius 2 is 1.70 bits per heavy atom. The second-order valence-electron chi connectivity index (χ2n) is 6.81. The monoisotopic (exact) mass is 279 g/mol. The molecule has 1 N–H and O–H groups in total. The van der Waals surface area contributed by atoms with Gasteiger partial charge >= 0.3 is 0 Å². The second kappa shape index (κ2) is 9.37. The topological polar surface area (TPSA) is 39.1 Å². The van der Waals surface area contributed by atoms with Gasteiger partial charge in [0.05, 0.1) is 6.07 Å². The Labute approximate surface area is 125 Å². The zero-order chi connectivity index (χ0) is 14.8. The van der Waals surface area contributed by atoms with E-state index in [1.54, 1.807) is 0 Å². The minimum Gasteiger partial charge on any atom is -0.303 e. The van der Waals surface area contributed by atoms with Gasteiger partial charge in [0.2, 0.25) is 0 Å². The fraction of sp³-hybridized carbons (Fsp3) is 0.941. The first-order valence-electron chi connectivity index (χ1n) is 8.47. The third kappa shape index (κ3) is 7.26. The molecule has 1 aliphatic rings. The van der Waals surface area contributed by atoms with Crippen molar-refractivity contribution in [1.82, 2.24) is 10.2 Å². The van der Waals surface area contributed by atoms with Crippen molar-refractivity contribution in [2.75, 3.05) is 19.6 Å². The van der Waals surface area contributed by atoms with Crippen molar-refractivity contribution in [3.63, 3.8) is 0 Å². The fourth-order valence-electron chi connectivity index (χ4n) is 3.15. The maximum absolute atomic E-state index is 9.33. The van der Waals surface area contributed by atoms with E-state index in [0.29, 0.717) is 6.04 Å². The predicted molar refractivity (Wildman–Crippen MR) is 85.7 cm³/mol. The largest absolute Gasteiger partial charge is 0.303 e. The van der Waals surface area contributed by atoms with Crippen molar-refractivity contribution in [3.05, 3.63) is 0 Å². The number of likely N-dealkylation sites (tertiary alicyclic amines) is 1. The van der Waals surface area contributed by atoms with Gasteiger partial charge in [-0.05, 0) is 72.5 Å². The molecule has 1 aliphatic heterocycles. The Hall–Kier alpha value is -0.590. The first-order valence-corrected chi connectivity index (χ1v) is 8.47. The predicted octanol–water partition coefficient (Wildman–Crippen LogP) is 3.70. The van der Waals surface area contributed by atoms with Crippen LogP contribution in [0, 0.1) is 11.3 Å². The highest BCUT2D eigenvalue weighted by atomic mass is 15.1. The molecule has 1 unspecified atom stereocenters. The number of hydrogen-bond acceptors (Lipinski definition) is 3. The molecule has 0 spiro atoms. The number of nitrogens with zero attached hydrogens (tertiary/aromatic N) is 2. The Balaban J connectivity index is 2.20. The Morgan fingerprint density at radius 1 is 1.10 bits per heavy atom. The second-order valence-corrected chi connectivity index (χ2v) is 6.81. The molecular weight excluding hydrogens is 246 g/mol. The van der Waals surface area contributed by atoms with Crippen LogP contribution >= 0.6 is 0 Å². The van der Waals surface area contributed by atoms with Crippen LogP contribution in [0.3, 0.4) is 0 Å². The molecule has 3 heteroatoms. The number of unbranched alkanes of at least 4 members (excludes halogenated alkanes) is 1. The van der Waals surface area contributed by atoms with E-state index in [1.807, 2.05) is 6.92 Å². The lowest BCUT2D eigenvalue weighted by atomic mass is 9.95. The fourth-order valence-corrected chi connectivity index (χ4v) is 3.15. The third-order valence-electron chi connectivity index (χ3n) is 4.20. The standard InChI is InChI=1S/C17H33N3/c1-16(2)19-17(3,15-18)11-7-10-14-20-12-8-5-4-6-9-13-20/h16,19H,4-14H2,1-3H3. The van der Waals surface area contributed by atoms with Crippen molar-refractivity contribution >= 4 is 0 Å². The van der Waals surface area contributed by atoms with E-state index in [0.717, 1.165) is 12.8 Å². The molecule has 0 aromatic carbocycles. The lowest BCUT2D eigenvalue weighted by molar-refractivity contribution is 0.239. The van der Waals surface area contributed by atoms with E-state index in [4.69, 9.17) is 0 Å². The van der Waals surface area contributed by atoms with Gasteiger partial charge in [-0.2, -0.15) is 5.26 Å². The van der Waals surface area contributed by atoms with E-state index in [9.17, 15) is 5.26 Å². The summed E-state index contributed by atoms with van der Waals surface area (Å²) in [5.41, 5.74) is -0.357. The van der Waals surface area contributed by atoms with Crippen LogP contribution < -0.4 is 5.32 Å². The molecule has 0 saturated carbocycles. The van der Waals surface area contributed by atoms with Crippen LogP contribution in [0.15, 0.2) is 0 Å². The van der Waals surface area contributed by atoms with E-state index in [-0.39, 0.29) is 5.54 Å². The summed E-state index contributed by atoms with van der Waals surface area (Å²) in [7, 11) is 0. The van der Waals surface area contributed by atoms with Crippen LogP contribution in [0.25, 0.3) is 0 Å². The Morgan fingerprint density at radius 3 is 2.25 bits per heavy atom. The van der Waals surface area contributed by atoms with Gasteiger partial charge < -0.3 is 4.90 Å². The van der Waals surface area contributed by atoms with Gasteiger partial charge in [0.25, 0.3) is 0 Å². The SMILES string of the molecule is CC(C)NC(C)(C#N)CCCCN1CCCCCCC1. The summed E-state index contributed by atoms with van der Waals surface area (Å²) in [6.07, 6.45) is 10.3. The lowest BCUT2D eigenvalue weighted by Gasteiger charge is -2.27. The van der Waals surface area contributed by atoms with Gasteiger partial charge in [0.15, 0.2) is 0 Å². The molecule has 1 atom stereocenters. The van der Waals surface area contributed by atoms with Crippen LogP contribution in [-0.4, -0.2) is 36.1 Å². The highest BCUT2D eigenvalue weighted by Crippen LogP contribution is 2.15. The smallest absolute Gasteiger partial charge is 0.104 e. The first-order chi connectivity index (χ1) is 9.56. The van der Waals surface area contributed by atoms with E-state index in [2.05, 4.69) is 30.1 Å². The van der Waals surface area contributed by atoms with Crippen LogP contribution in [-0.2, 0) is 0 Å². The molecule has 1 rings (SSSR count). The minimum absolute atomic E-state index is 0.357. The summed E-state index contributed by atoms with van der Waals surface area (Å²) in [5.74, 6) is 0. The van der Waals surface area contributed by atoms with Crippen molar-refractivity contribution in [3.8, 4) is 6.07 Å². The van der Waals surface area contributed by atoms with Crippen molar-refractivity contribution in [2.24, 2.45) is 0 Å². The van der Waals surface area contributed by atoms with Crippen LogP contribution in [0.4, 0.5) is 0 Å². The number of rotatable bonds is 7. The molecule has 0 bridgehead atoms. The van der Waals surface area contributed by atoms with Gasteiger partial charge in [0.1, 0.15) is 5.54 Å². The summed E-state index contributed by atoms with van der Waals surface area (Å²) in [6, 6.07) is 2.81. The quantitative estimate of drug-likeness (QED) is 0.722. The Kier molecular flexibility index (Phi) is 8.18. The zero-order valence-electron chi connectivity index (χ0n) is 13.7. The molecule has 116 valence electrons. The van der Waals surface area contributed by atoms with Gasteiger partial charge in [-0.15, -0.1) is 0 Å². The normalized spacial score (nSPS) is 20.9. The molecule has 0 aliphatic carbocycles. The van der Waals surface area contributed by atoms with Crippen molar-refractivity contribution < 1.29 is 0 Å². The summed E-state index contributed by atoms with van der Waals surface area (Å²) in [6.45, 7) is 10.0. The molecule has 20 heavy (non-hydrogen) atoms. The number of nitrogens with one attached hydrogen (secondary N) is 1. The van der Waals surface area contributed by atoms with E-state index < -0.39 is 0 Å². The average Bonchev–Trinajstić information content (AvgIpc) is 2.35. The van der Waals surface area contributed by atoms with Gasteiger partial charge in [-0.25, -0.2) is 0 Å². The highest BCUT2D eigenvalue weighted by Gasteiger charge is 2.23. The van der Waals surface area contributed by atoms with Crippen LogP contribution in [0.5, 0.6) is 0 Å². The minimum atomic E-state index is -0.357. The third-order valence-corrected chi connectivity index (χ3v) is 4.20. The molecule has 3 nitrogen and oxygen atoms in total. The molecular formula is C17H33N3. The summed E-state index contributed by atoms with van der Waals surface area (Å²) < 4.78 is 0. The summed E-state index contributed by atoms with van der Waals surface area (Å²) in [5, 5.41) is 12.7. The first kappa shape index (κ1) is 17.5. The van der Waals surface area contributed by atoms with Crippen molar-refractivity contribution in [1.29, 1.82) is 5.26 Å². The zero-order valence-corrected chi connectivity index (χ0v) is 13.7.